The van der Waals surface area contributed by atoms with E-state index in [-0.39, 0.29) is 6.42 Å². The minimum atomic E-state index is -4.12. The Hall–Kier alpha value is -1.25. The fraction of sp³-hybridized carbons (Fsp3) is 0.385. The van der Waals surface area contributed by atoms with Gasteiger partial charge in [-0.1, -0.05) is 36.4 Å². The minimum absolute atomic E-state index is 0.213. The lowest BCUT2D eigenvalue weighted by Gasteiger charge is -2.26. The molecule has 0 spiro atoms. The normalized spacial score (nSPS) is 21.7. The van der Waals surface area contributed by atoms with Crippen molar-refractivity contribution >= 4 is 5.57 Å². The summed E-state index contributed by atoms with van der Waals surface area (Å²) in [5, 5.41) is 0. The SMILES string of the molecule is FC(F)(F)[C@@H]1CCCC=C1c1ccccc1. The second kappa shape index (κ2) is 4.32. The van der Waals surface area contributed by atoms with Crippen LogP contribution in [0.2, 0.25) is 0 Å². The highest BCUT2D eigenvalue weighted by atomic mass is 19.4. The third kappa shape index (κ3) is 2.29. The van der Waals surface area contributed by atoms with Gasteiger partial charge in [0.1, 0.15) is 0 Å². The Morgan fingerprint density at radius 1 is 1.06 bits per heavy atom. The molecular weight excluding hydrogens is 213 g/mol. The summed E-state index contributed by atoms with van der Waals surface area (Å²) in [5.41, 5.74) is 1.14. The van der Waals surface area contributed by atoms with Crippen molar-refractivity contribution < 1.29 is 13.2 Å². The van der Waals surface area contributed by atoms with Crippen LogP contribution in [-0.2, 0) is 0 Å². The van der Waals surface area contributed by atoms with Gasteiger partial charge < -0.3 is 0 Å². The highest BCUT2D eigenvalue weighted by Gasteiger charge is 2.42. The number of hydrogen-bond donors (Lipinski definition) is 0. The molecule has 1 aliphatic carbocycles. The zero-order valence-corrected chi connectivity index (χ0v) is 8.80. The van der Waals surface area contributed by atoms with Crippen molar-refractivity contribution in [3.8, 4) is 0 Å². The predicted octanol–water partition coefficient (Wildman–Crippen LogP) is 4.43. The molecule has 1 aromatic carbocycles. The average Bonchev–Trinajstić information content (AvgIpc) is 2.29. The molecule has 1 aromatic rings. The van der Waals surface area contributed by atoms with E-state index in [2.05, 4.69) is 0 Å². The van der Waals surface area contributed by atoms with E-state index in [1.807, 2.05) is 6.07 Å². The van der Waals surface area contributed by atoms with Gasteiger partial charge in [0.15, 0.2) is 0 Å². The molecule has 0 nitrogen and oxygen atoms in total. The summed E-state index contributed by atoms with van der Waals surface area (Å²) in [6.07, 6.45) is -0.805. The largest absolute Gasteiger partial charge is 0.395 e. The van der Waals surface area contributed by atoms with Gasteiger partial charge in [-0.3, -0.25) is 0 Å². The zero-order chi connectivity index (χ0) is 11.6. The molecule has 16 heavy (non-hydrogen) atoms. The first-order valence-corrected chi connectivity index (χ1v) is 5.41. The van der Waals surface area contributed by atoms with Crippen molar-refractivity contribution in [3.05, 3.63) is 42.0 Å². The lowest BCUT2D eigenvalue weighted by atomic mass is 9.83. The summed E-state index contributed by atoms with van der Waals surface area (Å²) in [7, 11) is 0. The van der Waals surface area contributed by atoms with Crippen molar-refractivity contribution in [2.45, 2.75) is 25.4 Å². The Morgan fingerprint density at radius 2 is 1.75 bits per heavy atom. The number of benzene rings is 1. The van der Waals surface area contributed by atoms with Crippen molar-refractivity contribution in [2.24, 2.45) is 5.92 Å². The van der Waals surface area contributed by atoms with Gasteiger partial charge in [-0.05, 0) is 30.4 Å². The van der Waals surface area contributed by atoms with Gasteiger partial charge in [-0.2, -0.15) is 13.2 Å². The van der Waals surface area contributed by atoms with Gasteiger partial charge >= 0.3 is 6.18 Å². The molecule has 0 aliphatic heterocycles. The van der Waals surface area contributed by atoms with Gasteiger partial charge in [0, 0.05) is 0 Å². The van der Waals surface area contributed by atoms with Crippen molar-refractivity contribution in [1.82, 2.24) is 0 Å². The Morgan fingerprint density at radius 3 is 2.38 bits per heavy atom. The Balaban J connectivity index is 2.34. The van der Waals surface area contributed by atoms with Crippen molar-refractivity contribution in [3.63, 3.8) is 0 Å². The van der Waals surface area contributed by atoms with E-state index in [4.69, 9.17) is 0 Å². The topological polar surface area (TPSA) is 0 Å². The molecule has 1 atom stereocenters. The van der Waals surface area contributed by atoms with E-state index in [0.29, 0.717) is 17.6 Å². The van der Waals surface area contributed by atoms with E-state index >= 15 is 0 Å². The van der Waals surface area contributed by atoms with Gasteiger partial charge in [0.25, 0.3) is 0 Å². The van der Waals surface area contributed by atoms with E-state index in [9.17, 15) is 13.2 Å². The first-order chi connectivity index (χ1) is 7.59. The van der Waals surface area contributed by atoms with Crippen LogP contribution >= 0.6 is 0 Å². The molecule has 0 amide bonds. The van der Waals surface area contributed by atoms with Crippen LogP contribution in [0.1, 0.15) is 24.8 Å². The molecule has 0 unspecified atom stereocenters. The number of alkyl halides is 3. The van der Waals surface area contributed by atoms with Crippen LogP contribution in [-0.4, -0.2) is 6.18 Å². The summed E-state index contributed by atoms with van der Waals surface area (Å²) in [5.74, 6) is -1.29. The molecule has 2 rings (SSSR count). The van der Waals surface area contributed by atoms with Gasteiger partial charge in [0.05, 0.1) is 5.92 Å². The van der Waals surface area contributed by atoms with Gasteiger partial charge in [-0.15, -0.1) is 0 Å². The summed E-state index contributed by atoms with van der Waals surface area (Å²) in [6, 6.07) is 8.86. The van der Waals surface area contributed by atoms with E-state index in [1.54, 1.807) is 30.3 Å². The molecule has 0 bridgehead atoms. The van der Waals surface area contributed by atoms with Crippen LogP contribution in [0.3, 0.4) is 0 Å². The predicted molar refractivity (Wildman–Crippen MR) is 57.8 cm³/mol. The molecule has 86 valence electrons. The molecular formula is C13H13F3. The smallest absolute Gasteiger partial charge is 0.170 e. The first kappa shape index (κ1) is 11.2. The van der Waals surface area contributed by atoms with Crippen LogP contribution in [0.5, 0.6) is 0 Å². The second-order valence-electron chi connectivity index (χ2n) is 4.05. The number of allylic oxidation sites excluding steroid dienone is 2. The van der Waals surface area contributed by atoms with Gasteiger partial charge in [-0.25, -0.2) is 0 Å². The van der Waals surface area contributed by atoms with E-state index in [0.717, 1.165) is 6.42 Å². The third-order valence-electron chi connectivity index (χ3n) is 2.94. The average molecular weight is 226 g/mol. The van der Waals surface area contributed by atoms with Crippen LogP contribution in [0.25, 0.3) is 5.57 Å². The molecule has 0 heterocycles. The molecule has 0 saturated heterocycles. The summed E-state index contributed by atoms with van der Waals surface area (Å²) >= 11 is 0. The second-order valence-corrected chi connectivity index (χ2v) is 4.05. The highest BCUT2D eigenvalue weighted by molar-refractivity contribution is 5.68. The van der Waals surface area contributed by atoms with Crippen LogP contribution in [0.4, 0.5) is 13.2 Å². The maximum atomic E-state index is 12.8. The highest BCUT2D eigenvalue weighted by Crippen LogP contribution is 2.42. The number of hydrogen-bond acceptors (Lipinski definition) is 0. The zero-order valence-electron chi connectivity index (χ0n) is 8.80. The van der Waals surface area contributed by atoms with Crippen LogP contribution < -0.4 is 0 Å². The molecule has 0 aromatic heterocycles. The molecule has 0 fully saturated rings. The lowest BCUT2D eigenvalue weighted by Crippen LogP contribution is -2.25. The molecule has 0 saturated carbocycles. The van der Waals surface area contributed by atoms with E-state index < -0.39 is 12.1 Å². The molecule has 1 aliphatic rings. The standard InChI is InChI=1S/C13H13F3/c14-13(15,16)12-9-5-4-8-11(12)10-6-2-1-3-7-10/h1-3,6-8,12H,4-5,9H2/t12-/m1/s1. The molecule has 3 heteroatoms. The summed E-state index contributed by atoms with van der Waals surface area (Å²) < 4.78 is 38.5. The summed E-state index contributed by atoms with van der Waals surface area (Å²) in [4.78, 5) is 0. The number of halogens is 3. The Kier molecular flexibility index (Phi) is 3.03. The monoisotopic (exact) mass is 226 g/mol. The lowest BCUT2D eigenvalue weighted by molar-refractivity contribution is -0.160. The minimum Gasteiger partial charge on any atom is -0.170 e. The van der Waals surface area contributed by atoms with Crippen LogP contribution in [0.15, 0.2) is 36.4 Å². The van der Waals surface area contributed by atoms with Crippen LogP contribution in [0, 0.1) is 5.92 Å². The fourth-order valence-corrected chi connectivity index (χ4v) is 2.17. The Labute approximate surface area is 92.8 Å². The summed E-state index contributed by atoms with van der Waals surface area (Å²) in [6.45, 7) is 0. The Bertz CT molecular complexity index is 376. The third-order valence-corrected chi connectivity index (χ3v) is 2.94. The quantitative estimate of drug-likeness (QED) is 0.664. The van der Waals surface area contributed by atoms with E-state index in [1.165, 1.54) is 0 Å². The fourth-order valence-electron chi connectivity index (χ4n) is 2.17. The molecule has 0 radical (unpaired) electrons. The number of rotatable bonds is 1. The van der Waals surface area contributed by atoms with Crippen molar-refractivity contribution in [1.29, 1.82) is 0 Å². The maximum Gasteiger partial charge on any atom is 0.395 e. The maximum absolute atomic E-state index is 12.8. The first-order valence-electron chi connectivity index (χ1n) is 5.41. The molecule has 0 N–H and O–H groups in total. The van der Waals surface area contributed by atoms with Gasteiger partial charge in [0.2, 0.25) is 0 Å². The van der Waals surface area contributed by atoms with Crippen molar-refractivity contribution in [2.75, 3.05) is 0 Å².